The van der Waals surface area contributed by atoms with Gasteiger partial charge in [0.1, 0.15) is 11.6 Å². The molecule has 1 unspecified atom stereocenters. The van der Waals surface area contributed by atoms with Crippen molar-refractivity contribution in [1.82, 2.24) is 0 Å². The Morgan fingerprint density at radius 1 is 1.29 bits per heavy atom. The summed E-state index contributed by atoms with van der Waals surface area (Å²) in [6, 6.07) is 4.11. The molecule has 0 spiro atoms. The second kappa shape index (κ2) is 5.46. The minimum Gasteiger partial charge on any atom is -0.207 e. The van der Waals surface area contributed by atoms with Crippen LogP contribution in [0.1, 0.15) is 16.0 Å². The Labute approximate surface area is 115 Å². The molecule has 0 nitrogen and oxygen atoms in total. The van der Waals surface area contributed by atoms with Crippen molar-refractivity contribution in [2.24, 2.45) is 0 Å². The maximum atomic E-state index is 13.6. The monoisotopic (exact) mass is 336 g/mol. The molecular weight excluding hydrogens is 330 g/mol. The van der Waals surface area contributed by atoms with Gasteiger partial charge in [0.25, 0.3) is 0 Å². The van der Waals surface area contributed by atoms with E-state index in [1.807, 2.05) is 16.8 Å². The van der Waals surface area contributed by atoms with Gasteiger partial charge >= 0.3 is 0 Å². The predicted octanol–water partition coefficient (Wildman–Crippen LogP) is 5.36. The van der Waals surface area contributed by atoms with E-state index in [1.165, 1.54) is 0 Å². The number of hydrogen-bond donors (Lipinski definition) is 0. The van der Waals surface area contributed by atoms with Crippen molar-refractivity contribution in [3.8, 4) is 0 Å². The van der Waals surface area contributed by atoms with Crippen LogP contribution >= 0.6 is 38.9 Å². The number of rotatable bonds is 3. The van der Waals surface area contributed by atoms with Crippen LogP contribution in [0.25, 0.3) is 0 Å². The standard InChI is InChI=1S/C12H8BrClF2S/c13-9(3-7-1-2-17-6-7)8-4-12(16)10(14)5-11(8)15/h1-2,4-6,9H,3H2. The molecule has 0 bridgehead atoms. The van der Waals surface area contributed by atoms with Gasteiger partial charge in [-0.15, -0.1) is 0 Å². The first-order valence-electron chi connectivity index (χ1n) is 4.87. The number of alkyl halides is 1. The Balaban J connectivity index is 2.24. The topological polar surface area (TPSA) is 0 Å². The molecule has 90 valence electrons. The van der Waals surface area contributed by atoms with E-state index in [1.54, 1.807) is 11.3 Å². The molecule has 0 fully saturated rings. The zero-order valence-corrected chi connectivity index (χ0v) is 11.7. The van der Waals surface area contributed by atoms with Crippen molar-refractivity contribution < 1.29 is 8.78 Å². The fourth-order valence-corrected chi connectivity index (χ4v) is 3.06. The second-order valence-electron chi connectivity index (χ2n) is 3.59. The minimum absolute atomic E-state index is 0.193. The molecule has 5 heteroatoms. The third-order valence-electron chi connectivity index (χ3n) is 2.37. The van der Waals surface area contributed by atoms with Gasteiger partial charge < -0.3 is 0 Å². The molecule has 1 atom stereocenters. The fourth-order valence-electron chi connectivity index (χ4n) is 1.50. The van der Waals surface area contributed by atoms with Crippen LogP contribution in [0.4, 0.5) is 8.78 Å². The van der Waals surface area contributed by atoms with E-state index < -0.39 is 11.6 Å². The van der Waals surface area contributed by atoms with Gasteiger partial charge in [0.15, 0.2) is 0 Å². The summed E-state index contributed by atoms with van der Waals surface area (Å²) in [5.74, 6) is -1.09. The summed E-state index contributed by atoms with van der Waals surface area (Å²) in [7, 11) is 0. The number of hydrogen-bond acceptors (Lipinski definition) is 1. The third kappa shape index (κ3) is 3.06. The maximum Gasteiger partial charge on any atom is 0.142 e. The van der Waals surface area contributed by atoms with Gasteiger partial charge in [0.05, 0.1) is 5.02 Å². The minimum atomic E-state index is -0.599. The van der Waals surface area contributed by atoms with Crippen molar-refractivity contribution in [1.29, 1.82) is 0 Å². The molecule has 0 amide bonds. The summed E-state index contributed by atoms with van der Waals surface area (Å²) in [5, 5.41) is 3.74. The summed E-state index contributed by atoms with van der Waals surface area (Å²) < 4.78 is 26.9. The number of thiophene rings is 1. The van der Waals surface area contributed by atoms with E-state index in [9.17, 15) is 8.78 Å². The smallest absolute Gasteiger partial charge is 0.142 e. The zero-order chi connectivity index (χ0) is 12.4. The molecule has 0 aliphatic heterocycles. The highest BCUT2D eigenvalue weighted by molar-refractivity contribution is 9.09. The summed E-state index contributed by atoms with van der Waals surface area (Å²) in [4.78, 5) is -0.260. The van der Waals surface area contributed by atoms with Crippen LogP contribution in [0, 0.1) is 11.6 Å². The largest absolute Gasteiger partial charge is 0.207 e. The van der Waals surface area contributed by atoms with Crippen LogP contribution in [0.2, 0.25) is 5.02 Å². The van der Waals surface area contributed by atoms with Crippen LogP contribution in [0.5, 0.6) is 0 Å². The Bertz CT molecular complexity index is 513. The van der Waals surface area contributed by atoms with E-state index in [2.05, 4.69) is 15.9 Å². The summed E-state index contributed by atoms with van der Waals surface area (Å²) in [6.07, 6.45) is 0.613. The molecule has 1 aromatic heterocycles. The highest BCUT2D eigenvalue weighted by atomic mass is 79.9. The quantitative estimate of drug-likeness (QED) is 0.522. The summed E-state index contributed by atoms with van der Waals surface area (Å²) >= 11 is 10.5. The molecule has 0 aliphatic carbocycles. The fraction of sp³-hybridized carbons (Fsp3) is 0.167. The molecule has 0 N–H and O–H groups in total. The van der Waals surface area contributed by atoms with E-state index in [0.29, 0.717) is 6.42 Å². The highest BCUT2D eigenvalue weighted by Gasteiger charge is 2.16. The van der Waals surface area contributed by atoms with E-state index >= 15 is 0 Å². The lowest BCUT2D eigenvalue weighted by atomic mass is 10.1. The number of halogens is 4. The second-order valence-corrected chi connectivity index (χ2v) is 5.88. The van der Waals surface area contributed by atoms with Gasteiger partial charge in [0, 0.05) is 10.4 Å². The third-order valence-corrected chi connectivity index (χ3v) is 4.21. The molecular formula is C12H8BrClF2S. The van der Waals surface area contributed by atoms with E-state index in [-0.39, 0.29) is 15.4 Å². The SMILES string of the molecule is Fc1cc(C(Br)Cc2ccsc2)c(F)cc1Cl. The van der Waals surface area contributed by atoms with Gasteiger partial charge in [0.2, 0.25) is 0 Å². The molecule has 2 rings (SSSR count). The van der Waals surface area contributed by atoms with Gasteiger partial charge in [-0.1, -0.05) is 27.5 Å². The molecule has 0 aliphatic rings. The van der Waals surface area contributed by atoms with E-state index in [4.69, 9.17) is 11.6 Å². The van der Waals surface area contributed by atoms with Crippen LogP contribution in [0.3, 0.4) is 0 Å². The molecule has 2 aromatic rings. The first-order chi connectivity index (χ1) is 8.08. The normalized spacial score (nSPS) is 12.7. The zero-order valence-electron chi connectivity index (χ0n) is 8.59. The molecule has 1 aromatic carbocycles. The van der Waals surface area contributed by atoms with Gasteiger partial charge in [-0.3, -0.25) is 0 Å². The summed E-state index contributed by atoms with van der Waals surface area (Å²) in [5.41, 5.74) is 1.38. The average Bonchev–Trinajstić information content (AvgIpc) is 2.76. The van der Waals surface area contributed by atoms with Crippen LogP contribution in [-0.2, 0) is 6.42 Å². The van der Waals surface area contributed by atoms with Crippen molar-refractivity contribution in [2.75, 3.05) is 0 Å². The van der Waals surface area contributed by atoms with Crippen LogP contribution in [0.15, 0.2) is 29.0 Å². The Morgan fingerprint density at radius 2 is 2.06 bits per heavy atom. The van der Waals surface area contributed by atoms with Gasteiger partial charge in [-0.25, -0.2) is 8.78 Å². The highest BCUT2D eigenvalue weighted by Crippen LogP contribution is 2.32. The average molecular weight is 338 g/mol. The lowest BCUT2D eigenvalue weighted by molar-refractivity contribution is 0.584. The summed E-state index contributed by atoms with van der Waals surface area (Å²) in [6.45, 7) is 0. The molecule has 0 saturated heterocycles. The van der Waals surface area contributed by atoms with Crippen LogP contribution < -0.4 is 0 Å². The van der Waals surface area contributed by atoms with Gasteiger partial charge in [-0.05, 0) is 40.9 Å². The predicted molar refractivity (Wildman–Crippen MR) is 71.1 cm³/mol. The Kier molecular flexibility index (Phi) is 4.17. The first kappa shape index (κ1) is 13.0. The lowest BCUT2D eigenvalue weighted by Crippen LogP contribution is -1.99. The molecule has 17 heavy (non-hydrogen) atoms. The molecule has 0 radical (unpaired) electrons. The first-order valence-corrected chi connectivity index (χ1v) is 7.11. The lowest BCUT2D eigenvalue weighted by Gasteiger charge is -2.11. The van der Waals surface area contributed by atoms with Gasteiger partial charge in [-0.2, -0.15) is 11.3 Å². The molecule has 0 saturated carbocycles. The van der Waals surface area contributed by atoms with Crippen molar-refractivity contribution >= 4 is 38.9 Å². The Hall–Kier alpha value is -0.450. The van der Waals surface area contributed by atoms with Crippen LogP contribution in [-0.4, -0.2) is 0 Å². The van der Waals surface area contributed by atoms with E-state index in [0.717, 1.165) is 17.7 Å². The molecule has 1 heterocycles. The maximum absolute atomic E-state index is 13.6. The van der Waals surface area contributed by atoms with Crippen molar-refractivity contribution in [2.45, 2.75) is 11.2 Å². The van der Waals surface area contributed by atoms with Crippen molar-refractivity contribution in [3.05, 3.63) is 56.7 Å². The Morgan fingerprint density at radius 3 is 2.71 bits per heavy atom. The van der Waals surface area contributed by atoms with Crippen molar-refractivity contribution in [3.63, 3.8) is 0 Å². The number of benzene rings is 1.